The minimum Gasteiger partial charge on any atom is -0.394 e. The van der Waals surface area contributed by atoms with Crippen LogP contribution in [-0.2, 0) is 4.74 Å². The van der Waals surface area contributed by atoms with E-state index in [0.717, 1.165) is 30.6 Å². The number of aliphatic hydroxyl groups excluding tert-OH is 3. The summed E-state index contributed by atoms with van der Waals surface area (Å²) in [5.41, 5.74) is 1.44. The molecule has 0 bridgehead atoms. The molecule has 0 saturated carbocycles. The first-order valence-corrected chi connectivity index (χ1v) is 12.5. The van der Waals surface area contributed by atoms with Crippen molar-refractivity contribution in [1.29, 1.82) is 0 Å². The van der Waals surface area contributed by atoms with Crippen LogP contribution in [0.4, 0.5) is 0 Å². The van der Waals surface area contributed by atoms with Crippen molar-refractivity contribution in [1.82, 2.24) is 0 Å². The Bertz CT molecular complexity index is 408. The van der Waals surface area contributed by atoms with E-state index in [4.69, 9.17) is 14.9 Å². The zero-order valence-electron chi connectivity index (χ0n) is 20.6. The van der Waals surface area contributed by atoms with Crippen molar-refractivity contribution >= 4 is 0 Å². The highest BCUT2D eigenvalue weighted by atomic mass is 16.5. The van der Waals surface area contributed by atoms with Gasteiger partial charge in [-0.05, 0) is 50.4 Å². The first-order chi connectivity index (χ1) is 14.3. The first-order valence-electron chi connectivity index (χ1n) is 12.5. The third-order valence-corrected chi connectivity index (χ3v) is 6.11. The molecule has 0 aliphatic carbocycles. The van der Waals surface area contributed by atoms with E-state index < -0.39 is 12.2 Å². The highest BCUT2D eigenvalue weighted by Crippen LogP contribution is 2.22. The van der Waals surface area contributed by atoms with Gasteiger partial charge in [0.2, 0.25) is 0 Å². The Morgan fingerprint density at radius 3 is 1.90 bits per heavy atom. The largest absolute Gasteiger partial charge is 0.394 e. The normalized spacial score (nSPS) is 16.6. The number of hydrogen-bond donors (Lipinski definition) is 3. The van der Waals surface area contributed by atoms with E-state index in [1.807, 2.05) is 0 Å². The van der Waals surface area contributed by atoms with Gasteiger partial charge in [-0.25, -0.2) is 0 Å². The van der Waals surface area contributed by atoms with Gasteiger partial charge in [0, 0.05) is 6.61 Å². The lowest BCUT2D eigenvalue weighted by atomic mass is 9.91. The molecule has 0 aromatic carbocycles. The Hall–Kier alpha value is -0.420. The van der Waals surface area contributed by atoms with Crippen molar-refractivity contribution in [3.63, 3.8) is 0 Å². The summed E-state index contributed by atoms with van der Waals surface area (Å²) in [6.45, 7) is 11.5. The van der Waals surface area contributed by atoms with Gasteiger partial charge in [0.15, 0.2) is 0 Å². The quantitative estimate of drug-likeness (QED) is 0.167. The molecule has 0 radical (unpaired) electrons. The van der Waals surface area contributed by atoms with Gasteiger partial charge in [-0.2, -0.15) is 0 Å². The van der Waals surface area contributed by atoms with Crippen LogP contribution in [0.5, 0.6) is 0 Å². The minimum absolute atomic E-state index is 0.272. The van der Waals surface area contributed by atoms with Crippen LogP contribution in [0.3, 0.4) is 0 Å². The predicted molar refractivity (Wildman–Crippen MR) is 128 cm³/mol. The zero-order valence-corrected chi connectivity index (χ0v) is 20.6. The number of allylic oxidation sites excluding steroid dienone is 2. The summed E-state index contributed by atoms with van der Waals surface area (Å²) in [5.74, 6) is 2.54. The van der Waals surface area contributed by atoms with Crippen molar-refractivity contribution in [3.05, 3.63) is 11.6 Å². The second kappa shape index (κ2) is 19.3. The fourth-order valence-corrected chi connectivity index (χ4v) is 3.88. The van der Waals surface area contributed by atoms with Crippen LogP contribution >= 0.6 is 0 Å². The molecule has 0 fully saturated rings. The summed E-state index contributed by atoms with van der Waals surface area (Å²) in [7, 11) is 0. The second-order valence-corrected chi connectivity index (χ2v) is 9.89. The number of hydrogen-bond acceptors (Lipinski definition) is 4. The SMILES string of the molecule is C/C(=C\CCCO[C@@H](CO)[C@H](O)CO)CCCC(C)CCCC(C)CCCC(C)C. The van der Waals surface area contributed by atoms with Gasteiger partial charge in [-0.1, -0.05) is 84.3 Å². The predicted octanol–water partition coefficient (Wildman–Crippen LogP) is 5.88. The van der Waals surface area contributed by atoms with Crippen LogP contribution in [0.15, 0.2) is 11.6 Å². The molecule has 4 heteroatoms. The number of unbranched alkanes of at least 4 members (excludes halogenated alkanes) is 1. The third-order valence-electron chi connectivity index (χ3n) is 6.11. The summed E-state index contributed by atoms with van der Waals surface area (Å²) in [6, 6.07) is 0. The van der Waals surface area contributed by atoms with Crippen LogP contribution in [0, 0.1) is 17.8 Å². The summed E-state index contributed by atoms with van der Waals surface area (Å²) in [6.07, 6.45) is 14.4. The molecular weight excluding hydrogens is 376 g/mol. The summed E-state index contributed by atoms with van der Waals surface area (Å²) >= 11 is 0. The average Bonchev–Trinajstić information content (AvgIpc) is 2.69. The smallest absolute Gasteiger partial charge is 0.109 e. The zero-order chi connectivity index (χ0) is 22.8. The molecule has 0 aromatic rings. The van der Waals surface area contributed by atoms with Crippen molar-refractivity contribution in [2.45, 2.75) is 117 Å². The van der Waals surface area contributed by atoms with Crippen LogP contribution in [-0.4, -0.2) is 47.3 Å². The Labute approximate surface area is 187 Å². The molecule has 0 aromatic heterocycles. The molecule has 4 nitrogen and oxygen atoms in total. The van der Waals surface area contributed by atoms with Gasteiger partial charge in [-0.3, -0.25) is 0 Å². The monoisotopic (exact) mass is 428 g/mol. The maximum absolute atomic E-state index is 9.49. The van der Waals surface area contributed by atoms with E-state index >= 15 is 0 Å². The highest BCUT2D eigenvalue weighted by Gasteiger charge is 2.17. The molecule has 0 amide bonds. The lowest BCUT2D eigenvalue weighted by molar-refractivity contribution is -0.0797. The summed E-state index contributed by atoms with van der Waals surface area (Å²) < 4.78 is 5.44. The molecule has 0 saturated heterocycles. The second-order valence-electron chi connectivity index (χ2n) is 9.89. The van der Waals surface area contributed by atoms with Crippen molar-refractivity contribution in [2.75, 3.05) is 19.8 Å². The topological polar surface area (TPSA) is 69.9 Å². The van der Waals surface area contributed by atoms with E-state index in [-0.39, 0.29) is 13.2 Å². The Balaban J connectivity index is 3.73. The molecule has 4 atom stereocenters. The molecule has 0 rings (SSSR count). The van der Waals surface area contributed by atoms with Gasteiger partial charge in [0.05, 0.1) is 13.2 Å². The van der Waals surface area contributed by atoms with E-state index in [1.165, 1.54) is 63.4 Å². The van der Waals surface area contributed by atoms with E-state index in [2.05, 4.69) is 40.7 Å². The van der Waals surface area contributed by atoms with Gasteiger partial charge in [0.1, 0.15) is 12.2 Å². The Morgan fingerprint density at radius 2 is 1.37 bits per heavy atom. The third kappa shape index (κ3) is 17.3. The van der Waals surface area contributed by atoms with Crippen molar-refractivity contribution in [3.8, 4) is 0 Å². The van der Waals surface area contributed by atoms with Crippen molar-refractivity contribution in [2.24, 2.45) is 17.8 Å². The van der Waals surface area contributed by atoms with E-state index in [1.54, 1.807) is 0 Å². The number of aliphatic hydroxyl groups is 3. The van der Waals surface area contributed by atoms with Gasteiger partial charge >= 0.3 is 0 Å². The summed E-state index contributed by atoms with van der Waals surface area (Å²) in [4.78, 5) is 0. The molecule has 0 aliphatic heterocycles. The van der Waals surface area contributed by atoms with Crippen LogP contribution < -0.4 is 0 Å². The van der Waals surface area contributed by atoms with Crippen LogP contribution in [0.25, 0.3) is 0 Å². The Kier molecular flexibility index (Phi) is 19.0. The average molecular weight is 429 g/mol. The number of rotatable bonds is 20. The summed E-state index contributed by atoms with van der Waals surface area (Å²) in [5, 5.41) is 27.5. The maximum atomic E-state index is 9.49. The van der Waals surface area contributed by atoms with Crippen LogP contribution in [0.1, 0.15) is 105 Å². The fourth-order valence-electron chi connectivity index (χ4n) is 3.88. The van der Waals surface area contributed by atoms with Crippen LogP contribution in [0.2, 0.25) is 0 Å². The highest BCUT2D eigenvalue weighted by molar-refractivity contribution is 4.97. The lowest BCUT2D eigenvalue weighted by Crippen LogP contribution is -2.35. The first kappa shape index (κ1) is 29.6. The molecular formula is C26H52O4. The molecule has 0 spiro atoms. The standard InChI is InChI=1S/C26H52O4/c1-21(2)11-8-13-23(4)15-10-17-24(5)16-9-14-22(3)12-6-7-18-30-26(20-28)25(29)19-27/h12,21,23-29H,6-11,13-20H2,1-5H3/b22-12+/t23?,24?,25-,26+/m1/s1. The van der Waals surface area contributed by atoms with Gasteiger partial charge < -0.3 is 20.1 Å². The van der Waals surface area contributed by atoms with Gasteiger partial charge in [-0.15, -0.1) is 0 Å². The lowest BCUT2D eigenvalue weighted by Gasteiger charge is -2.19. The molecule has 0 aliphatic rings. The van der Waals surface area contributed by atoms with Crippen molar-refractivity contribution < 1.29 is 20.1 Å². The number of ether oxygens (including phenoxy) is 1. The molecule has 0 heterocycles. The Morgan fingerprint density at radius 1 is 0.800 bits per heavy atom. The molecule has 180 valence electrons. The van der Waals surface area contributed by atoms with Gasteiger partial charge in [0.25, 0.3) is 0 Å². The molecule has 30 heavy (non-hydrogen) atoms. The fraction of sp³-hybridized carbons (Fsp3) is 0.923. The molecule has 2 unspecified atom stereocenters. The minimum atomic E-state index is -1.01. The maximum Gasteiger partial charge on any atom is 0.109 e. The molecule has 3 N–H and O–H groups in total. The van der Waals surface area contributed by atoms with E-state index in [0.29, 0.717) is 6.61 Å². The van der Waals surface area contributed by atoms with E-state index in [9.17, 15) is 5.11 Å².